The Hall–Kier alpha value is -0.480. The van der Waals surface area contributed by atoms with E-state index in [0.717, 1.165) is 25.9 Å². The molecule has 1 saturated heterocycles. The Bertz CT molecular complexity index is 158. The summed E-state index contributed by atoms with van der Waals surface area (Å²) >= 11 is 0. The Morgan fingerprint density at radius 2 is 1.91 bits per heavy atom. The molecular weight excluding hydrogens is 134 g/mol. The van der Waals surface area contributed by atoms with E-state index in [0.29, 0.717) is 5.92 Å². The van der Waals surface area contributed by atoms with Crippen molar-refractivity contribution in [2.75, 3.05) is 13.1 Å². The monoisotopic (exact) mass is 151 g/mol. The first kappa shape index (κ1) is 8.62. The lowest BCUT2D eigenvalue weighted by atomic mass is 9.71. The third-order valence-electron chi connectivity index (χ3n) is 2.89. The van der Waals surface area contributed by atoms with Gasteiger partial charge >= 0.3 is 0 Å². The molecular formula is C10H17N. The van der Waals surface area contributed by atoms with Crippen molar-refractivity contribution in [2.45, 2.75) is 26.7 Å². The van der Waals surface area contributed by atoms with Crippen molar-refractivity contribution in [3.63, 3.8) is 0 Å². The molecule has 0 aromatic heterocycles. The summed E-state index contributed by atoms with van der Waals surface area (Å²) in [6.45, 7) is 6.63. The quantitative estimate of drug-likeness (QED) is 0.562. The fourth-order valence-corrected chi connectivity index (χ4v) is 1.76. The molecule has 0 spiro atoms. The molecule has 0 aromatic carbocycles. The van der Waals surface area contributed by atoms with Gasteiger partial charge in [0.2, 0.25) is 0 Å². The molecule has 1 nitrogen and oxygen atoms in total. The zero-order valence-electron chi connectivity index (χ0n) is 7.48. The van der Waals surface area contributed by atoms with Gasteiger partial charge in [-0.05, 0) is 31.8 Å². The average Bonchev–Trinajstić information content (AvgIpc) is 2.05. The molecule has 0 radical (unpaired) electrons. The van der Waals surface area contributed by atoms with Crippen molar-refractivity contribution in [2.24, 2.45) is 11.3 Å². The first-order valence-corrected chi connectivity index (χ1v) is 4.40. The first-order chi connectivity index (χ1) is 5.21. The topological polar surface area (TPSA) is 12.0 Å². The lowest BCUT2D eigenvalue weighted by Gasteiger charge is -2.36. The zero-order valence-corrected chi connectivity index (χ0v) is 7.48. The van der Waals surface area contributed by atoms with Gasteiger partial charge in [0.1, 0.15) is 0 Å². The van der Waals surface area contributed by atoms with Crippen LogP contribution in [0.2, 0.25) is 0 Å². The van der Waals surface area contributed by atoms with Gasteiger partial charge in [-0.3, -0.25) is 0 Å². The Morgan fingerprint density at radius 3 is 2.18 bits per heavy atom. The van der Waals surface area contributed by atoms with Gasteiger partial charge in [-0.2, -0.15) is 0 Å². The van der Waals surface area contributed by atoms with Crippen molar-refractivity contribution in [3.05, 3.63) is 0 Å². The van der Waals surface area contributed by atoms with Gasteiger partial charge in [-0.15, -0.1) is 6.42 Å². The number of hydrogen-bond acceptors (Lipinski definition) is 1. The molecule has 1 heterocycles. The second-order valence-corrected chi connectivity index (χ2v) is 3.71. The van der Waals surface area contributed by atoms with Crippen LogP contribution in [0.25, 0.3) is 0 Å². The highest BCUT2D eigenvalue weighted by Gasteiger charge is 2.32. The largest absolute Gasteiger partial charge is 0.317 e. The van der Waals surface area contributed by atoms with E-state index >= 15 is 0 Å². The van der Waals surface area contributed by atoms with Gasteiger partial charge in [0.05, 0.1) is 0 Å². The second kappa shape index (κ2) is 3.28. The maximum absolute atomic E-state index is 5.56. The van der Waals surface area contributed by atoms with Gasteiger partial charge in [0.15, 0.2) is 0 Å². The van der Waals surface area contributed by atoms with Crippen LogP contribution < -0.4 is 5.32 Å². The number of nitrogens with one attached hydrogen (secondary N) is 1. The van der Waals surface area contributed by atoms with Crippen LogP contribution in [-0.4, -0.2) is 13.1 Å². The van der Waals surface area contributed by atoms with Crippen molar-refractivity contribution in [3.8, 4) is 12.3 Å². The highest BCUT2D eigenvalue weighted by atomic mass is 14.9. The summed E-state index contributed by atoms with van der Waals surface area (Å²) in [4.78, 5) is 0. The summed E-state index contributed by atoms with van der Waals surface area (Å²) in [6.07, 6.45) is 7.84. The molecule has 62 valence electrons. The molecule has 0 unspecified atom stereocenters. The standard InChI is InChI=1S/C10H17N/c1-4-10(9(2)3)5-7-11-8-6-10/h1,9,11H,5-8H2,2-3H3. The van der Waals surface area contributed by atoms with E-state index in [-0.39, 0.29) is 5.41 Å². The summed E-state index contributed by atoms with van der Waals surface area (Å²) in [5.41, 5.74) is 0.186. The lowest BCUT2D eigenvalue weighted by Crippen LogP contribution is -2.39. The van der Waals surface area contributed by atoms with Crippen molar-refractivity contribution < 1.29 is 0 Å². The minimum Gasteiger partial charge on any atom is -0.317 e. The van der Waals surface area contributed by atoms with Gasteiger partial charge < -0.3 is 5.32 Å². The smallest absolute Gasteiger partial charge is 0.0359 e. The number of rotatable bonds is 1. The van der Waals surface area contributed by atoms with Crippen LogP contribution in [0, 0.1) is 23.7 Å². The van der Waals surface area contributed by atoms with E-state index in [1.807, 2.05) is 0 Å². The molecule has 0 aromatic rings. The van der Waals surface area contributed by atoms with Gasteiger partial charge in [-0.1, -0.05) is 19.8 Å². The predicted octanol–water partition coefficient (Wildman–Crippen LogP) is 1.65. The summed E-state index contributed by atoms with van der Waals surface area (Å²) in [5.74, 6) is 3.60. The van der Waals surface area contributed by atoms with E-state index in [2.05, 4.69) is 25.1 Å². The third-order valence-corrected chi connectivity index (χ3v) is 2.89. The molecule has 0 aliphatic carbocycles. The van der Waals surface area contributed by atoms with E-state index in [1.165, 1.54) is 0 Å². The number of terminal acetylenes is 1. The SMILES string of the molecule is C#CC1(C(C)C)CCNCC1. The molecule has 1 fully saturated rings. The van der Waals surface area contributed by atoms with Crippen LogP contribution >= 0.6 is 0 Å². The second-order valence-electron chi connectivity index (χ2n) is 3.71. The fourth-order valence-electron chi connectivity index (χ4n) is 1.76. The Kier molecular flexibility index (Phi) is 2.57. The van der Waals surface area contributed by atoms with Gasteiger partial charge in [0.25, 0.3) is 0 Å². The summed E-state index contributed by atoms with van der Waals surface area (Å²) in [7, 11) is 0. The lowest BCUT2D eigenvalue weighted by molar-refractivity contribution is 0.205. The zero-order chi connectivity index (χ0) is 8.32. The van der Waals surface area contributed by atoms with Crippen molar-refractivity contribution in [1.29, 1.82) is 0 Å². The summed E-state index contributed by atoms with van der Waals surface area (Å²) in [5, 5.41) is 3.33. The van der Waals surface area contributed by atoms with E-state index in [4.69, 9.17) is 6.42 Å². The predicted molar refractivity (Wildman–Crippen MR) is 48.2 cm³/mol. The van der Waals surface area contributed by atoms with Crippen LogP contribution in [0.3, 0.4) is 0 Å². The fraction of sp³-hybridized carbons (Fsp3) is 0.800. The van der Waals surface area contributed by atoms with Crippen LogP contribution in [-0.2, 0) is 0 Å². The highest BCUT2D eigenvalue weighted by molar-refractivity contribution is 5.09. The molecule has 0 saturated carbocycles. The Labute approximate surface area is 69.6 Å². The molecule has 11 heavy (non-hydrogen) atoms. The molecule has 0 atom stereocenters. The van der Waals surface area contributed by atoms with Crippen LogP contribution in [0.15, 0.2) is 0 Å². The minimum absolute atomic E-state index is 0.186. The maximum atomic E-state index is 5.56. The third kappa shape index (κ3) is 1.57. The first-order valence-electron chi connectivity index (χ1n) is 4.40. The molecule has 1 heteroatoms. The van der Waals surface area contributed by atoms with E-state index < -0.39 is 0 Å². The maximum Gasteiger partial charge on any atom is 0.0359 e. The van der Waals surface area contributed by atoms with Crippen LogP contribution in [0.1, 0.15) is 26.7 Å². The Morgan fingerprint density at radius 1 is 1.36 bits per heavy atom. The van der Waals surface area contributed by atoms with Gasteiger partial charge in [-0.25, -0.2) is 0 Å². The highest BCUT2D eigenvalue weighted by Crippen LogP contribution is 2.35. The van der Waals surface area contributed by atoms with Gasteiger partial charge in [0, 0.05) is 5.41 Å². The van der Waals surface area contributed by atoms with Crippen LogP contribution in [0.5, 0.6) is 0 Å². The van der Waals surface area contributed by atoms with E-state index in [1.54, 1.807) is 0 Å². The molecule has 1 aliphatic heterocycles. The Balaban J connectivity index is 2.67. The van der Waals surface area contributed by atoms with Crippen LogP contribution in [0.4, 0.5) is 0 Å². The van der Waals surface area contributed by atoms with Crippen molar-refractivity contribution in [1.82, 2.24) is 5.32 Å². The number of hydrogen-bond donors (Lipinski definition) is 1. The minimum atomic E-state index is 0.186. The summed E-state index contributed by atoms with van der Waals surface area (Å²) in [6, 6.07) is 0. The molecule has 0 amide bonds. The van der Waals surface area contributed by atoms with Crippen molar-refractivity contribution >= 4 is 0 Å². The molecule has 1 aliphatic rings. The normalized spacial score (nSPS) is 23.1. The average molecular weight is 151 g/mol. The summed E-state index contributed by atoms with van der Waals surface area (Å²) < 4.78 is 0. The molecule has 1 rings (SSSR count). The molecule has 0 bridgehead atoms. The van der Waals surface area contributed by atoms with E-state index in [9.17, 15) is 0 Å². The number of piperidine rings is 1. The molecule has 1 N–H and O–H groups in total.